The zero-order chi connectivity index (χ0) is 11.6. The van der Waals surface area contributed by atoms with Crippen molar-refractivity contribution in [2.45, 2.75) is 43.6 Å². The monoisotopic (exact) mass is 239 g/mol. The first kappa shape index (κ1) is 11.9. The maximum Gasteiger partial charge on any atom is 0.0824 e. The molecule has 0 spiro atoms. The van der Waals surface area contributed by atoms with E-state index < -0.39 is 0 Å². The van der Waals surface area contributed by atoms with Crippen LogP contribution < -0.4 is 0 Å². The maximum absolute atomic E-state index is 6.55. The van der Waals surface area contributed by atoms with Gasteiger partial charge in [-0.2, -0.15) is 0 Å². The molecule has 0 saturated carbocycles. The molecule has 0 aliphatic carbocycles. The van der Waals surface area contributed by atoms with Gasteiger partial charge in [-0.3, -0.25) is 4.98 Å². The second-order valence-electron chi connectivity index (χ2n) is 4.71. The van der Waals surface area contributed by atoms with Crippen LogP contribution in [0.2, 0.25) is 0 Å². The average Bonchev–Trinajstić information content (AvgIpc) is 2.77. The molecule has 1 aromatic rings. The number of halogens is 1. The molecule has 1 saturated heterocycles. The molecule has 3 unspecified atom stereocenters. The second-order valence-corrected chi connectivity index (χ2v) is 5.18. The molecule has 3 atom stereocenters. The third kappa shape index (κ3) is 2.23. The van der Waals surface area contributed by atoms with Gasteiger partial charge in [0.15, 0.2) is 0 Å². The Labute approximate surface area is 102 Å². The minimum Gasteiger partial charge on any atom is -0.374 e. The van der Waals surface area contributed by atoms with Crippen molar-refractivity contribution < 1.29 is 4.74 Å². The van der Waals surface area contributed by atoms with E-state index in [1.165, 1.54) is 0 Å². The molecule has 0 aromatic carbocycles. The molecule has 88 valence electrons. The van der Waals surface area contributed by atoms with E-state index in [9.17, 15) is 0 Å². The fraction of sp³-hybridized carbons (Fsp3) is 0.615. The zero-order valence-corrected chi connectivity index (χ0v) is 10.6. The summed E-state index contributed by atoms with van der Waals surface area (Å²) < 4.78 is 5.79. The summed E-state index contributed by atoms with van der Waals surface area (Å²) in [6, 6.07) is 5.95. The fourth-order valence-electron chi connectivity index (χ4n) is 2.34. The first-order valence-corrected chi connectivity index (χ1v) is 6.26. The summed E-state index contributed by atoms with van der Waals surface area (Å²) in [6.45, 7) is 5.05. The highest BCUT2D eigenvalue weighted by Crippen LogP contribution is 2.38. The van der Waals surface area contributed by atoms with Crippen LogP contribution >= 0.6 is 11.6 Å². The summed E-state index contributed by atoms with van der Waals surface area (Å²) in [4.78, 5) is 4.36. The molecule has 1 aromatic heterocycles. The van der Waals surface area contributed by atoms with Crippen LogP contribution in [0.4, 0.5) is 0 Å². The Balaban J connectivity index is 2.13. The van der Waals surface area contributed by atoms with Crippen molar-refractivity contribution in [3.05, 3.63) is 30.1 Å². The van der Waals surface area contributed by atoms with Crippen LogP contribution in [-0.2, 0) is 4.74 Å². The van der Waals surface area contributed by atoms with E-state index in [2.05, 4.69) is 18.8 Å². The molecular weight excluding hydrogens is 222 g/mol. The molecule has 2 nitrogen and oxygen atoms in total. The lowest BCUT2D eigenvalue weighted by molar-refractivity contribution is 0.0121. The van der Waals surface area contributed by atoms with Gasteiger partial charge in [-0.1, -0.05) is 13.0 Å². The van der Waals surface area contributed by atoms with Gasteiger partial charge in [0, 0.05) is 24.4 Å². The highest BCUT2D eigenvalue weighted by Gasteiger charge is 2.40. The first-order valence-electron chi connectivity index (χ1n) is 5.82. The third-order valence-corrected chi connectivity index (χ3v) is 4.27. The predicted molar refractivity (Wildman–Crippen MR) is 65.9 cm³/mol. The smallest absolute Gasteiger partial charge is 0.0824 e. The number of ether oxygens (including phenoxy) is 1. The molecule has 0 bridgehead atoms. The molecule has 1 aliphatic rings. The van der Waals surface area contributed by atoms with Gasteiger partial charge in [0.25, 0.3) is 0 Å². The van der Waals surface area contributed by atoms with Gasteiger partial charge >= 0.3 is 0 Å². The zero-order valence-electron chi connectivity index (χ0n) is 9.82. The Hall–Kier alpha value is -0.600. The molecule has 16 heavy (non-hydrogen) atoms. The Morgan fingerprint density at radius 1 is 1.50 bits per heavy atom. The van der Waals surface area contributed by atoms with Gasteiger partial charge in [0.05, 0.1) is 11.0 Å². The van der Waals surface area contributed by atoms with Crippen molar-refractivity contribution >= 4 is 11.6 Å². The van der Waals surface area contributed by atoms with E-state index in [-0.39, 0.29) is 16.9 Å². The van der Waals surface area contributed by atoms with Crippen molar-refractivity contribution in [1.82, 2.24) is 4.98 Å². The standard InChI is InChI=1S/C13H18ClNO/c1-10(11-6-3-4-8-15-11)12(14)13(2)7-5-9-16-13/h3-4,6,8,10,12H,5,7,9H2,1-2H3. The molecule has 2 heterocycles. The number of hydrogen-bond acceptors (Lipinski definition) is 2. The van der Waals surface area contributed by atoms with E-state index in [4.69, 9.17) is 16.3 Å². The largest absolute Gasteiger partial charge is 0.374 e. The molecule has 1 fully saturated rings. The summed E-state index contributed by atoms with van der Waals surface area (Å²) in [5.74, 6) is 0.214. The van der Waals surface area contributed by atoms with Gasteiger partial charge in [-0.05, 0) is 31.9 Å². The highest BCUT2D eigenvalue weighted by molar-refractivity contribution is 6.22. The van der Waals surface area contributed by atoms with Crippen LogP contribution in [0.5, 0.6) is 0 Å². The van der Waals surface area contributed by atoms with Gasteiger partial charge in [0.2, 0.25) is 0 Å². The lowest BCUT2D eigenvalue weighted by Gasteiger charge is -2.32. The first-order chi connectivity index (χ1) is 7.63. The predicted octanol–water partition coefficient (Wildman–Crippen LogP) is 3.36. The lowest BCUT2D eigenvalue weighted by atomic mass is 9.88. The molecular formula is C13H18ClNO. The van der Waals surface area contributed by atoms with Crippen molar-refractivity contribution in [3.63, 3.8) is 0 Å². The van der Waals surface area contributed by atoms with Crippen LogP contribution in [0.15, 0.2) is 24.4 Å². The summed E-state index contributed by atoms with van der Waals surface area (Å²) in [7, 11) is 0. The third-order valence-electron chi connectivity index (χ3n) is 3.43. The summed E-state index contributed by atoms with van der Waals surface area (Å²) in [5.41, 5.74) is 0.845. The quantitative estimate of drug-likeness (QED) is 0.755. The normalized spacial score (nSPS) is 28.9. The van der Waals surface area contributed by atoms with Crippen LogP contribution in [0.3, 0.4) is 0 Å². The van der Waals surface area contributed by atoms with Crippen LogP contribution in [0.25, 0.3) is 0 Å². The SMILES string of the molecule is CC(c1ccccn1)C(Cl)C1(C)CCCO1. The fourth-order valence-corrected chi connectivity index (χ4v) is 2.64. The van der Waals surface area contributed by atoms with E-state index in [0.717, 1.165) is 25.1 Å². The Kier molecular flexibility index (Phi) is 3.50. The van der Waals surface area contributed by atoms with Crippen molar-refractivity contribution in [3.8, 4) is 0 Å². The topological polar surface area (TPSA) is 22.1 Å². The molecule has 3 heteroatoms. The minimum atomic E-state index is -0.196. The van der Waals surface area contributed by atoms with Gasteiger partial charge in [-0.25, -0.2) is 0 Å². The number of rotatable bonds is 3. The number of nitrogens with zero attached hydrogens (tertiary/aromatic N) is 1. The van der Waals surface area contributed by atoms with Crippen LogP contribution in [0, 0.1) is 0 Å². The Bertz CT molecular complexity index is 335. The average molecular weight is 240 g/mol. The summed E-state index contributed by atoms with van der Waals surface area (Å²) in [5, 5.41) is -0.0232. The maximum atomic E-state index is 6.55. The summed E-state index contributed by atoms with van der Waals surface area (Å²) in [6.07, 6.45) is 3.96. The molecule has 0 amide bonds. The number of aromatic nitrogens is 1. The second kappa shape index (κ2) is 4.72. The minimum absolute atomic E-state index is 0.0232. The van der Waals surface area contributed by atoms with Crippen molar-refractivity contribution in [2.24, 2.45) is 0 Å². The van der Waals surface area contributed by atoms with Gasteiger partial charge < -0.3 is 4.74 Å². The van der Waals surface area contributed by atoms with E-state index >= 15 is 0 Å². The lowest BCUT2D eigenvalue weighted by Crippen LogP contribution is -2.38. The number of alkyl halides is 1. The Morgan fingerprint density at radius 3 is 2.88 bits per heavy atom. The number of hydrogen-bond donors (Lipinski definition) is 0. The molecule has 0 radical (unpaired) electrons. The molecule has 1 aliphatic heterocycles. The molecule has 0 N–H and O–H groups in total. The van der Waals surface area contributed by atoms with E-state index in [0.29, 0.717) is 0 Å². The molecule has 2 rings (SSSR count). The van der Waals surface area contributed by atoms with Crippen LogP contribution in [-0.4, -0.2) is 22.6 Å². The summed E-state index contributed by atoms with van der Waals surface area (Å²) >= 11 is 6.55. The highest BCUT2D eigenvalue weighted by atomic mass is 35.5. The van der Waals surface area contributed by atoms with Crippen molar-refractivity contribution in [1.29, 1.82) is 0 Å². The number of pyridine rings is 1. The Morgan fingerprint density at radius 2 is 2.31 bits per heavy atom. The van der Waals surface area contributed by atoms with Crippen molar-refractivity contribution in [2.75, 3.05) is 6.61 Å². The van der Waals surface area contributed by atoms with Crippen LogP contribution in [0.1, 0.15) is 38.3 Å². The van der Waals surface area contributed by atoms with E-state index in [1.54, 1.807) is 0 Å². The van der Waals surface area contributed by atoms with E-state index in [1.807, 2.05) is 24.4 Å². The van der Waals surface area contributed by atoms with Gasteiger partial charge in [-0.15, -0.1) is 11.6 Å². The van der Waals surface area contributed by atoms with Gasteiger partial charge in [0.1, 0.15) is 0 Å².